The van der Waals surface area contributed by atoms with Gasteiger partial charge in [0.15, 0.2) is 0 Å². The molecular weight excluding hydrogens is 316 g/mol. The van der Waals surface area contributed by atoms with Crippen molar-refractivity contribution in [1.29, 1.82) is 0 Å². The SMILES string of the molecule is COC(=O)[C@@H]1C[C@]2(CSC)c3ccccc3N[C@@H]2N1C(=O)OC. The molecule has 1 aromatic rings. The van der Waals surface area contributed by atoms with Crippen LogP contribution < -0.4 is 5.32 Å². The fourth-order valence-electron chi connectivity index (χ4n) is 3.80. The number of hydrogen-bond donors (Lipinski definition) is 1. The van der Waals surface area contributed by atoms with E-state index in [1.54, 1.807) is 11.8 Å². The zero-order valence-corrected chi connectivity index (χ0v) is 14.2. The second-order valence-electron chi connectivity index (χ2n) is 5.80. The van der Waals surface area contributed by atoms with Crippen LogP contribution in [-0.4, -0.2) is 55.4 Å². The number of nitrogens with one attached hydrogen (secondary N) is 1. The van der Waals surface area contributed by atoms with E-state index in [0.29, 0.717) is 6.42 Å². The topological polar surface area (TPSA) is 67.9 Å². The van der Waals surface area contributed by atoms with Crippen molar-refractivity contribution >= 4 is 29.5 Å². The summed E-state index contributed by atoms with van der Waals surface area (Å²) in [6.07, 6.45) is 1.71. The number of likely N-dealkylation sites (tertiary alicyclic amines) is 1. The van der Waals surface area contributed by atoms with Crippen molar-refractivity contribution in [3.8, 4) is 0 Å². The van der Waals surface area contributed by atoms with Gasteiger partial charge in [0.05, 0.1) is 14.2 Å². The Morgan fingerprint density at radius 2 is 2.09 bits per heavy atom. The third-order valence-electron chi connectivity index (χ3n) is 4.71. The average molecular weight is 336 g/mol. The van der Waals surface area contributed by atoms with Crippen LogP contribution in [0.2, 0.25) is 0 Å². The second kappa shape index (κ2) is 5.96. The number of methoxy groups -OCH3 is 2. The van der Waals surface area contributed by atoms with Crippen LogP contribution in [0.25, 0.3) is 0 Å². The Bertz CT molecular complexity index is 638. The Hall–Kier alpha value is -1.89. The van der Waals surface area contributed by atoms with E-state index in [1.807, 2.05) is 24.5 Å². The van der Waals surface area contributed by atoms with Crippen molar-refractivity contribution in [3.63, 3.8) is 0 Å². The summed E-state index contributed by atoms with van der Waals surface area (Å²) < 4.78 is 9.83. The molecule has 23 heavy (non-hydrogen) atoms. The molecule has 0 radical (unpaired) electrons. The fraction of sp³-hybridized carbons (Fsp3) is 0.500. The van der Waals surface area contributed by atoms with Crippen LogP contribution in [0.3, 0.4) is 0 Å². The fourth-order valence-corrected chi connectivity index (χ4v) is 4.75. The maximum absolute atomic E-state index is 12.3. The van der Waals surface area contributed by atoms with Crippen LogP contribution in [0, 0.1) is 0 Å². The highest BCUT2D eigenvalue weighted by molar-refractivity contribution is 7.98. The lowest BCUT2D eigenvalue weighted by Gasteiger charge is -2.31. The maximum atomic E-state index is 12.3. The number of fused-ring (bicyclic) bond motifs is 3. The normalized spacial score (nSPS) is 27.9. The van der Waals surface area contributed by atoms with Crippen molar-refractivity contribution in [2.24, 2.45) is 0 Å². The van der Waals surface area contributed by atoms with E-state index in [1.165, 1.54) is 19.1 Å². The van der Waals surface area contributed by atoms with Crippen LogP contribution in [-0.2, 0) is 19.7 Å². The predicted molar refractivity (Wildman–Crippen MR) is 88.6 cm³/mol. The first kappa shape index (κ1) is 16.0. The van der Waals surface area contributed by atoms with E-state index in [-0.39, 0.29) is 11.6 Å². The standard InChI is InChI=1S/C16H20N2O4S/c1-21-13(19)12-8-16(9-23-3)10-6-4-5-7-11(10)17-14(16)18(12)15(20)22-2/h4-7,12,14,17H,8-9H2,1-3H3/t12-,14+,16-/m0/s1. The van der Waals surface area contributed by atoms with Crippen molar-refractivity contribution in [3.05, 3.63) is 29.8 Å². The van der Waals surface area contributed by atoms with E-state index in [2.05, 4.69) is 11.4 Å². The molecule has 0 aromatic heterocycles. The van der Waals surface area contributed by atoms with Gasteiger partial charge >= 0.3 is 12.1 Å². The monoisotopic (exact) mass is 336 g/mol. The van der Waals surface area contributed by atoms with Gasteiger partial charge in [-0.1, -0.05) is 18.2 Å². The van der Waals surface area contributed by atoms with Crippen LogP contribution in [0.1, 0.15) is 12.0 Å². The summed E-state index contributed by atoms with van der Waals surface area (Å²) in [4.78, 5) is 26.1. The number of rotatable bonds is 3. The molecule has 3 rings (SSSR count). The van der Waals surface area contributed by atoms with Gasteiger partial charge in [-0.05, 0) is 24.3 Å². The number of ether oxygens (including phenoxy) is 2. The first-order chi connectivity index (χ1) is 11.1. The molecule has 2 aliphatic rings. The number of thioether (sulfide) groups is 1. The highest BCUT2D eigenvalue weighted by Gasteiger charge is 2.61. The van der Waals surface area contributed by atoms with Crippen LogP contribution in [0.5, 0.6) is 0 Å². The quantitative estimate of drug-likeness (QED) is 0.852. The molecule has 0 bridgehead atoms. The number of carbonyl (C=O) groups is 2. The molecule has 1 aromatic carbocycles. The molecule has 2 heterocycles. The second-order valence-corrected chi connectivity index (χ2v) is 6.67. The average Bonchev–Trinajstić information content (AvgIpc) is 3.04. The lowest BCUT2D eigenvalue weighted by atomic mass is 9.80. The lowest BCUT2D eigenvalue weighted by molar-refractivity contribution is -0.145. The highest BCUT2D eigenvalue weighted by Crippen LogP contribution is 2.52. The van der Waals surface area contributed by atoms with Crippen molar-refractivity contribution in [2.75, 3.05) is 31.5 Å². The molecule has 1 N–H and O–H groups in total. The van der Waals surface area contributed by atoms with Crippen molar-refractivity contribution in [1.82, 2.24) is 4.90 Å². The number of amides is 1. The van der Waals surface area contributed by atoms with Crippen LogP contribution in [0.15, 0.2) is 24.3 Å². The Morgan fingerprint density at radius 3 is 2.74 bits per heavy atom. The van der Waals surface area contributed by atoms with Gasteiger partial charge in [-0.25, -0.2) is 9.59 Å². The summed E-state index contributed by atoms with van der Waals surface area (Å²) in [5.41, 5.74) is 1.81. The van der Waals surface area contributed by atoms with Crippen molar-refractivity contribution < 1.29 is 19.1 Å². The number of anilines is 1. The minimum atomic E-state index is -0.648. The molecular formula is C16H20N2O4S. The lowest BCUT2D eigenvalue weighted by Crippen LogP contribution is -2.50. The number of carbonyl (C=O) groups excluding carboxylic acids is 2. The van der Waals surface area contributed by atoms with Gasteiger partial charge in [-0.15, -0.1) is 0 Å². The number of nitrogens with zero attached hydrogens (tertiary/aromatic N) is 1. The highest BCUT2D eigenvalue weighted by atomic mass is 32.2. The number of esters is 1. The third-order valence-corrected chi connectivity index (χ3v) is 5.52. The Kier molecular flexibility index (Phi) is 4.14. The minimum absolute atomic E-state index is 0.316. The first-order valence-corrected chi connectivity index (χ1v) is 8.77. The van der Waals surface area contributed by atoms with Crippen LogP contribution >= 0.6 is 11.8 Å². The van der Waals surface area contributed by atoms with E-state index >= 15 is 0 Å². The molecule has 0 unspecified atom stereocenters. The molecule has 6 nitrogen and oxygen atoms in total. The molecule has 0 saturated carbocycles. The van der Waals surface area contributed by atoms with Gasteiger partial charge in [-0.2, -0.15) is 11.8 Å². The number of para-hydroxylation sites is 1. The first-order valence-electron chi connectivity index (χ1n) is 7.38. The van der Waals surface area contributed by atoms with Crippen LogP contribution in [0.4, 0.5) is 10.5 Å². The van der Waals surface area contributed by atoms with Gasteiger partial charge < -0.3 is 14.8 Å². The molecule has 2 aliphatic heterocycles. The molecule has 0 spiro atoms. The van der Waals surface area contributed by atoms with E-state index in [0.717, 1.165) is 17.0 Å². The molecule has 3 atom stereocenters. The molecule has 1 fully saturated rings. The summed E-state index contributed by atoms with van der Waals surface area (Å²) in [5, 5.41) is 3.40. The third kappa shape index (κ3) is 2.25. The van der Waals surface area contributed by atoms with Gasteiger partial charge in [0.1, 0.15) is 12.2 Å². The summed E-state index contributed by atoms with van der Waals surface area (Å²) in [6.45, 7) is 0. The number of benzene rings is 1. The minimum Gasteiger partial charge on any atom is -0.467 e. The predicted octanol–water partition coefficient (Wildman–Crippen LogP) is 2.05. The summed E-state index contributed by atoms with van der Waals surface area (Å²) in [5.74, 6) is 0.382. The van der Waals surface area contributed by atoms with Gasteiger partial charge in [0.2, 0.25) is 0 Å². The number of hydrogen-bond acceptors (Lipinski definition) is 6. The zero-order valence-electron chi connectivity index (χ0n) is 13.4. The molecule has 1 saturated heterocycles. The molecule has 7 heteroatoms. The van der Waals surface area contributed by atoms with E-state index in [4.69, 9.17) is 9.47 Å². The van der Waals surface area contributed by atoms with E-state index in [9.17, 15) is 9.59 Å². The van der Waals surface area contributed by atoms with Crippen molar-refractivity contribution in [2.45, 2.75) is 24.0 Å². The largest absolute Gasteiger partial charge is 0.467 e. The smallest absolute Gasteiger partial charge is 0.411 e. The molecule has 0 aliphatic carbocycles. The Balaban J connectivity index is 2.10. The summed E-state index contributed by atoms with van der Waals surface area (Å²) >= 11 is 1.70. The Morgan fingerprint density at radius 1 is 1.35 bits per heavy atom. The Labute approximate surface area is 139 Å². The molecule has 124 valence electrons. The van der Waals surface area contributed by atoms with Gasteiger partial charge in [0, 0.05) is 16.9 Å². The maximum Gasteiger partial charge on any atom is 0.411 e. The molecule has 1 amide bonds. The van der Waals surface area contributed by atoms with Gasteiger partial charge in [0.25, 0.3) is 0 Å². The zero-order chi connectivity index (χ0) is 16.6. The van der Waals surface area contributed by atoms with E-state index < -0.39 is 18.1 Å². The van der Waals surface area contributed by atoms with Gasteiger partial charge in [-0.3, -0.25) is 4.90 Å². The summed E-state index contributed by atoms with van der Waals surface area (Å²) in [6, 6.07) is 7.36. The summed E-state index contributed by atoms with van der Waals surface area (Å²) in [7, 11) is 2.67.